The molecule has 0 amide bonds. The third-order valence-corrected chi connectivity index (χ3v) is 3.41. The molecule has 112 valence electrons. The van der Waals surface area contributed by atoms with Gasteiger partial charge in [-0.05, 0) is 25.2 Å². The van der Waals surface area contributed by atoms with Crippen LogP contribution >= 0.6 is 0 Å². The third kappa shape index (κ3) is 3.64. The van der Waals surface area contributed by atoms with Crippen LogP contribution in [0.1, 0.15) is 11.6 Å². The van der Waals surface area contributed by atoms with Crippen molar-refractivity contribution >= 4 is 0 Å². The van der Waals surface area contributed by atoms with E-state index in [1.165, 1.54) is 0 Å². The van der Waals surface area contributed by atoms with E-state index in [4.69, 9.17) is 9.47 Å². The molecule has 1 aromatic heterocycles. The van der Waals surface area contributed by atoms with Crippen LogP contribution in [0, 0.1) is 0 Å². The first-order valence-corrected chi connectivity index (χ1v) is 6.73. The number of hydrogen-bond acceptors (Lipinski definition) is 4. The summed E-state index contributed by atoms with van der Waals surface area (Å²) >= 11 is 0. The van der Waals surface area contributed by atoms with Gasteiger partial charge in [0.2, 0.25) is 0 Å². The Bertz CT molecular complexity index is 632. The fourth-order valence-corrected chi connectivity index (χ4v) is 2.23. The van der Waals surface area contributed by atoms with Gasteiger partial charge in [0.05, 0.1) is 20.3 Å². The van der Waals surface area contributed by atoms with Gasteiger partial charge in [-0.2, -0.15) is 0 Å². The molecule has 0 bridgehead atoms. The second-order valence-electron chi connectivity index (χ2n) is 4.68. The Balaban J connectivity index is 2.31. The van der Waals surface area contributed by atoms with E-state index >= 15 is 0 Å². The number of ether oxygens (including phenoxy) is 2. The Kier molecular flexibility index (Phi) is 5.00. The molecular formula is C16H20N2O3. The topological polar surface area (TPSA) is 52.5 Å². The van der Waals surface area contributed by atoms with Crippen molar-refractivity contribution in [1.29, 1.82) is 0 Å². The number of likely N-dealkylation sites (N-methyl/N-ethyl adjacent to an activating group) is 1. The van der Waals surface area contributed by atoms with Gasteiger partial charge >= 0.3 is 0 Å². The van der Waals surface area contributed by atoms with Crippen LogP contribution in [-0.2, 0) is 6.54 Å². The van der Waals surface area contributed by atoms with Gasteiger partial charge in [-0.15, -0.1) is 0 Å². The molecule has 0 aliphatic heterocycles. The van der Waals surface area contributed by atoms with Gasteiger partial charge in [0.1, 0.15) is 11.5 Å². The van der Waals surface area contributed by atoms with Gasteiger partial charge in [0.15, 0.2) is 5.43 Å². The SMILES string of the molecule is CNC(Cn1ccc(=O)cc1)c1cc(OC)ccc1OC. The minimum atomic E-state index is 0.00576. The smallest absolute Gasteiger partial charge is 0.181 e. The van der Waals surface area contributed by atoms with Crippen LogP contribution < -0.4 is 20.2 Å². The molecule has 2 aromatic rings. The van der Waals surface area contributed by atoms with Crippen molar-refractivity contribution in [3.8, 4) is 11.5 Å². The number of aromatic nitrogens is 1. The predicted molar refractivity (Wildman–Crippen MR) is 82.0 cm³/mol. The van der Waals surface area contributed by atoms with Crippen LogP contribution in [0.15, 0.2) is 47.5 Å². The van der Waals surface area contributed by atoms with Gasteiger partial charge in [0, 0.05) is 36.6 Å². The zero-order valence-corrected chi connectivity index (χ0v) is 12.5. The molecule has 1 aromatic carbocycles. The van der Waals surface area contributed by atoms with E-state index < -0.39 is 0 Å². The standard InChI is InChI=1S/C16H20N2O3/c1-17-15(11-18-8-6-12(19)7-9-18)14-10-13(20-2)4-5-16(14)21-3/h4-10,15,17H,11H2,1-3H3. The molecule has 0 aliphatic carbocycles. The monoisotopic (exact) mass is 288 g/mol. The minimum Gasteiger partial charge on any atom is -0.497 e. The van der Waals surface area contributed by atoms with E-state index in [2.05, 4.69) is 5.32 Å². The van der Waals surface area contributed by atoms with Gasteiger partial charge in [-0.3, -0.25) is 4.79 Å². The Labute approximate surface area is 124 Å². The Hall–Kier alpha value is -2.27. The highest BCUT2D eigenvalue weighted by molar-refractivity contribution is 5.42. The van der Waals surface area contributed by atoms with Gasteiger partial charge in [-0.25, -0.2) is 0 Å². The molecule has 5 heteroatoms. The minimum absolute atomic E-state index is 0.00576. The van der Waals surface area contributed by atoms with Crippen molar-refractivity contribution in [3.63, 3.8) is 0 Å². The number of nitrogens with one attached hydrogen (secondary N) is 1. The summed E-state index contributed by atoms with van der Waals surface area (Å²) in [6.45, 7) is 0.681. The molecule has 5 nitrogen and oxygen atoms in total. The quantitative estimate of drug-likeness (QED) is 0.881. The number of pyridine rings is 1. The molecule has 0 radical (unpaired) electrons. The molecule has 1 N–H and O–H groups in total. The van der Waals surface area contributed by atoms with Gasteiger partial charge in [-0.1, -0.05) is 0 Å². The van der Waals surface area contributed by atoms with E-state index in [1.807, 2.05) is 29.8 Å². The first-order valence-electron chi connectivity index (χ1n) is 6.73. The van der Waals surface area contributed by atoms with Crippen LogP contribution in [0.3, 0.4) is 0 Å². The van der Waals surface area contributed by atoms with E-state index in [1.54, 1.807) is 38.7 Å². The zero-order chi connectivity index (χ0) is 15.2. The fourth-order valence-electron chi connectivity index (χ4n) is 2.23. The molecule has 1 atom stereocenters. The maximum absolute atomic E-state index is 11.2. The van der Waals surface area contributed by atoms with Crippen molar-refractivity contribution in [3.05, 3.63) is 58.5 Å². The molecule has 0 spiro atoms. The fraction of sp³-hybridized carbons (Fsp3) is 0.312. The summed E-state index contributed by atoms with van der Waals surface area (Å²) in [4.78, 5) is 11.2. The Morgan fingerprint density at radius 2 is 1.86 bits per heavy atom. The van der Waals surface area contributed by atoms with Gasteiger partial charge < -0.3 is 19.4 Å². The number of methoxy groups -OCH3 is 2. The number of nitrogens with zero attached hydrogens (tertiary/aromatic N) is 1. The van der Waals surface area contributed by atoms with Crippen molar-refractivity contribution < 1.29 is 9.47 Å². The summed E-state index contributed by atoms with van der Waals surface area (Å²) in [5.41, 5.74) is 1.02. The molecule has 0 saturated heterocycles. The summed E-state index contributed by atoms with van der Waals surface area (Å²) in [6, 6.07) is 8.86. The molecule has 2 rings (SSSR count). The summed E-state index contributed by atoms with van der Waals surface area (Å²) in [5, 5.41) is 3.27. The van der Waals surface area contributed by atoms with Crippen LogP contribution in [-0.4, -0.2) is 25.8 Å². The summed E-state index contributed by atoms with van der Waals surface area (Å²) in [6.07, 6.45) is 3.55. The average Bonchev–Trinajstić information content (AvgIpc) is 2.53. The van der Waals surface area contributed by atoms with Crippen molar-refractivity contribution in [2.24, 2.45) is 0 Å². The van der Waals surface area contributed by atoms with Crippen molar-refractivity contribution in [2.75, 3.05) is 21.3 Å². The average molecular weight is 288 g/mol. The molecule has 1 unspecified atom stereocenters. The normalized spacial score (nSPS) is 12.0. The zero-order valence-electron chi connectivity index (χ0n) is 12.5. The number of hydrogen-bond donors (Lipinski definition) is 1. The predicted octanol–water partition coefficient (Wildman–Crippen LogP) is 1.83. The van der Waals surface area contributed by atoms with E-state index in [9.17, 15) is 4.79 Å². The maximum atomic E-state index is 11.2. The van der Waals surface area contributed by atoms with Gasteiger partial charge in [0.25, 0.3) is 0 Å². The van der Waals surface area contributed by atoms with Crippen LogP contribution in [0.2, 0.25) is 0 Å². The molecule has 21 heavy (non-hydrogen) atoms. The molecule has 0 fully saturated rings. The lowest BCUT2D eigenvalue weighted by Crippen LogP contribution is -2.23. The molecule has 0 saturated carbocycles. The second-order valence-corrected chi connectivity index (χ2v) is 4.68. The molecule has 1 heterocycles. The lowest BCUT2D eigenvalue weighted by atomic mass is 10.0. The highest BCUT2D eigenvalue weighted by Gasteiger charge is 2.15. The lowest BCUT2D eigenvalue weighted by molar-refractivity contribution is 0.385. The van der Waals surface area contributed by atoms with E-state index in [0.717, 1.165) is 17.1 Å². The number of benzene rings is 1. The molecular weight excluding hydrogens is 268 g/mol. The highest BCUT2D eigenvalue weighted by Crippen LogP contribution is 2.30. The summed E-state index contributed by atoms with van der Waals surface area (Å²) in [5.74, 6) is 1.59. The van der Waals surface area contributed by atoms with Crippen LogP contribution in [0.5, 0.6) is 11.5 Å². The molecule has 0 aliphatic rings. The van der Waals surface area contributed by atoms with E-state index in [0.29, 0.717) is 6.54 Å². The third-order valence-electron chi connectivity index (χ3n) is 3.41. The van der Waals surface area contributed by atoms with Crippen molar-refractivity contribution in [1.82, 2.24) is 9.88 Å². The highest BCUT2D eigenvalue weighted by atomic mass is 16.5. The number of rotatable bonds is 6. The van der Waals surface area contributed by atoms with Crippen molar-refractivity contribution in [2.45, 2.75) is 12.6 Å². The maximum Gasteiger partial charge on any atom is 0.181 e. The Morgan fingerprint density at radius 3 is 2.43 bits per heavy atom. The first-order chi connectivity index (χ1) is 10.2. The van der Waals surface area contributed by atoms with Crippen LogP contribution in [0.4, 0.5) is 0 Å². The summed E-state index contributed by atoms with van der Waals surface area (Å²) in [7, 11) is 5.19. The van der Waals surface area contributed by atoms with E-state index in [-0.39, 0.29) is 11.5 Å². The summed E-state index contributed by atoms with van der Waals surface area (Å²) < 4.78 is 12.7. The van der Waals surface area contributed by atoms with Crippen LogP contribution in [0.25, 0.3) is 0 Å². The lowest BCUT2D eigenvalue weighted by Gasteiger charge is -2.21. The first kappa shape index (κ1) is 15.1. The second kappa shape index (κ2) is 6.95. The Morgan fingerprint density at radius 1 is 1.14 bits per heavy atom. The largest absolute Gasteiger partial charge is 0.497 e.